The molecule has 0 radical (unpaired) electrons. The number of rotatable bonds is 3. The van der Waals surface area contributed by atoms with Crippen molar-refractivity contribution in [2.45, 2.75) is 45.4 Å². The van der Waals surface area contributed by atoms with Gasteiger partial charge in [-0.2, -0.15) is 12.6 Å². The Morgan fingerprint density at radius 3 is 2.45 bits per heavy atom. The first-order valence-electron chi connectivity index (χ1n) is 4.93. The molecule has 0 aromatic carbocycles. The topological polar surface area (TPSA) is 0 Å². The minimum Gasteiger partial charge on any atom is -0.179 e. The van der Waals surface area contributed by atoms with E-state index in [9.17, 15) is 0 Å². The molecule has 0 nitrogen and oxygen atoms in total. The van der Waals surface area contributed by atoms with Gasteiger partial charge in [-0.05, 0) is 24.0 Å². The summed E-state index contributed by atoms with van der Waals surface area (Å²) in [6.45, 7) is 2.32. The fraction of sp³-hybridized carbons (Fsp3) is 1.00. The summed E-state index contributed by atoms with van der Waals surface area (Å²) in [6.07, 6.45) is 8.82. The molecule has 1 fully saturated rings. The normalized spacial score (nSPS) is 23.5. The second-order valence-corrected chi connectivity index (χ2v) is 4.39. The van der Waals surface area contributed by atoms with Crippen LogP contribution in [-0.2, 0) is 0 Å². The molecule has 1 rings (SSSR count). The van der Waals surface area contributed by atoms with Crippen LogP contribution < -0.4 is 0 Å². The second kappa shape index (κ2) is 5.08. The highest BCUT2D eigenvalue weighted by atomic mass is 32.1. The van der Waals surface area contributed by atoms with Crippen molar-refractivity contribution in [3.8, 4) is 0 Å². The Morgan fingerprint density at radius 2 is 1.91 bits per heavy atom. The summed E-state index contributed by atoms with van der Waals surface area (Å²) in [5.41, 5.74) is 0. The maximum atomic E-state index is 4.32. The average molecular weight is 172 g/mol. The van der Waals surface area contributed by atoms with Gasteiger partial charge in [0.1, 0.15) is 0 Å². The van der Waals surface area contributed by atoms with Gasteiger partial charge in [-0.1, -0.05) is 39.0 Å². The van der Waals surface area contributed by atoms with Crippen LogP contribution in [0.2, 0.25) is 0 Å². The summed E-state index contributed by atoms with van der Waals surface area (Å²) >= 11 is 4.32. The van der Waals surface area contributed by atoms with Gasteiger partial charge in [0, 0.05) is 0 Å². The van der Waals surface area contributed by atoms with E-state index in [1.54, 1.807) is 0 Å². The van der Waals surface area contributed by atoms with Crippen LogP contribution in [0.3, 0.4) is 0 Å². The molecular weight excluding hydrogens is 152 g/mol. The number of hydrogen-bond acceptors (Lipinski definition) is 1. The molecule has 1 heteroatoms. The third-order valence-electron chi connectivity index (χ3n) is 2.77. The number of thiol groups is 1. The first-order chi connectivity index (χ1) is 5.33. The van der Waals surface area contributed by atoms with Crippen molar-refractivity contribution in [1.29, 1.82) is 0 Å². The van der Waals surface area contributed by atoms with E-state index in [0.29, 0.717) is 0 Å². The van der Waals surface area contributed by atoms with E-state index < -0.39 is 0 Å². The van der Waals surface area contributed by atoms with Gasteiger partial charge in [-0.3, -0.25) is 0 Å². The second-order valence-electron chi connectivity index (χ2n) is 4.03. The Labute approximate surface area is 76.2 Å². The predicted octanol–water partition coefficient (Wildman–Crippen LogP) is 3.52. The van der Waals surface area contributed by atoms with Crippen LogP contribution in [0.15, 0.2) is 0 Å². The molecule has 1 aliphatic carbocycles. The molecule has 0 aliphatic heterocycles. The summed E-state index contributed by atoms with van der Waals surface area (Å²) in [4.78, 5) is 0. The van der Waals surface area contributed by atoms with Crippen LogP contribution in [0.5, 0.6) is 0 Å². The lowest BCUT2D eigenvalue weighted by molar-refractivity contribution is 0.307. The van der Waals surface area contributed by atoms with E-state index in [1.807, 2.05) is 0 Å². The molecule has 0 aromatic rings. The number of hydrogen-bond donors (Lipinski definition) is 1. The smallest absolute Gasteiger partial charge is 0.00720 e. The predicted molar refractivity (Wildman–Crippen MR) is 54.2 cm³/mol. The van der Waals surface area contributed by atoms with E-state index in [-0.39, 0.29) is 0 Å². The van der Waals surface area contributed by atoms with Crippen molar-refractivity contribution in [3.63, 3.8) is 0 Å². The van der Waals surface area contributed by atoms with Gasteiger partial charge in [0.2, 0.25) is 0 Å². The summed E-state index contributed by atoms with van der Waals surface area (Å²) in [6, 6.07) is 0. The lowest BCUT2D eigenvalue weighted by Gasteiger charge is -2.23. The molecule has 0 saturated heterocycles. The molecule has 66 valence electrons. The minimum absolute atomic E-state index is 0.835. The zero-order valence-electron chi connectivity index (χ0n) is 7.55. The SMILES string of the molecule is CC(CS)CC1CCCCC1. The van der Waals surface area contributed by atoms with Crippen molar-refractivity contribution >= 4 is 12.6 Å². The molecule has 1 atom stereocenters. The molecule has 0 N–H and O–H groups in total. The zero-order chi connectivity index (χ0) is 8.10. The first-order valence-corrected chi connectivity index (χ1v) is 5.57. The average Bonchev–Trinajstić information content (AvgIpc) is 2.06. The maximum Gasteiger partial charge on any atom is -0.00720 e. The fourth-order valence-electron chi connectivity index (χ4n) is 2.07. The van der Waals surface area contributed by atoms with E-state index in [2.05, 4.69) is 19.6 Å². The largest absolute Gasteiger partial charge is 0.179 e. The fourth-order valence-corrected chi connectivity index (χ4v) is 2.22. The van der Waals surface area contributed by atoms with Gasteiger partial charge in [0.25, 0.3) is 0 Å². The zero-order valence-corrected chi connectivity index (χ0v) is 8.45. The van der Waals surface area contributed by atoms with Gasteiger partial charge in [0.15, 0.2) is 0 Å². The Balaban J connectivity index is 2.13. The van der Waals surface area contributed by atoms with Gasteiger partial charge in [0.05, 0.1) is 0 Å². The van der Waals surface area contributed by atoms with Gasteiger partial charge < -0.3 is 0 Å². The lowest BCUT2D eigenvalue weighted by Crippen LogP contribution is -2.11. The molecular formula is C10H20S. The van der Waals surface area contributed by atoms with Crippen LogP contribution >= 0.6 is 12.6 Å². The third-order valence-corrected chi connectivity index (χ3v) is 3.40. The first kappa shape index (κ1) is 9.44. The molecule has 0 bridgehead atoms. The highest BCUT2D eigenvalue weighted by Gasteiger charge is 2.15. The Morgan fingerprint density at radius 1 is 1.27 bits per heavy atom. The lowest BCUT2D eigenvalue weighted by atomic mass is 9.84. The molecule has 1 saturated carbocycles. The van der Waals surface area contributed by atoms with Crippen LogP contribution in [-0.4, -0.2) is 5.75 Å². The van der Waals surface area contributed by atoms with Crippen LogP contribution in [0.4, 0.5) is 0 Å². The Hall–Kier alpha value is 0.350. The summed E-state index contributed by atoms with van der Waals surface area (Å²) < 4.78 is 0. The minimum atomic E-state index is 0.835. The highest BCUT2D eigenvalue weighted by Crippen LogP contribution is 2.29. The monoisotopic (exact) mass is 172 g/mol. The van der Waals surface area contributed by atoms with E-state index in [4.69, 9.17) is 0 Å². The molecule has 0 heterocycles. The molecule has 0 aromatic heterocycles. The third kappa shape index (κ3) is 3.50. The van der Waals surface area contributed by atoms with Gasteiger partial charge in [-0.25, -0.2) is 0 Å². The van der Waals surface area contributed by atoms with E-state index in [1.165, 1.54) is 38.5 Å². The van der Waals surface area contributed by atoms with Crippen LogP contribution in [0.1, 0.15) is 45.4 Å². The Kier molecular flexibility index (Phi) is 4.36. The van der Waals surface area contributed by atoms with Crippen LogP contribution in [0, 0.1) is 11.8 Å². The quantitative estimate of drug-likeness (QED) is 0.619. The summed E-state index contributed by atoms with van der Waals surface area (Å²) in [7, 11) is 0. The highest BCUT2D eigenvalue weighted by molar-refractivity contribution is 7.80. The van der Waals surface area contributed by atoms with Crippen molar-refractivity contribution in [3.05, 3.63) is 0 Å². The summed E-state index contributed by atoms with van der Waals surface area (Å²) in [5.74, 6) is 2.93. The van der Waals surface area contributed by atoms with Gasteiger partial charge >= 0.3 is 0 Å². The van der Waals surface area contributed by atoms with Crippen molar-refractivity contribution < 1.29 is 0 Å². The standard InChI is InChI=1S/C10H20S/c1-9(8-11)7-10-5-3-2-4-6-10/h9-11H,2-8H2,1H3. The van der Waals surface area contributed by atoms with Crippen molar-refractivity contribution in [2.75, 3.05) is 5.75 Å². The van der Waals surface area contributed by atoms with Crippen molar-refractivity contribution in [2.24, 2.45) is 11.8 Å². The molecule has 1 unspecified atom stereocenters. The van der Waals surface area contributed by atoms with E-state index in [0.717, 1.165) is 17.6 Å². The van der Waals surface area contributed by atoms with E-state index >= 15 is 0 Å². The Bertz CT molecular complexity index is 95.0. The molecule has 0 spiro atoms. The molecule has 1 aliphatic rings. The maximum absolute atomic E-state index is 4.32. The summed E-state index contributed by atoms with van der Waals surface area (Å²) in [5, 5.41) is 0. The van der Waals surface area contributed by atoms with Crippen molar-refractivity contribution in [1.82, 2.24) is 0 Å². The van der Waals surface area contributed by atoms with Crippen LogP contribution in [0.25, 0.3) is 0 Å². The molecule has 0 amide bonds. The van der Waals surface area contributed by atoms with Gasteiger partial charge in [-0.15, -0.1) is 0 Å². The molecule has 11 heavy (non-hydrogen) atoms.